The number of aliphatic hydroxyl groups is 1. The molecule has 0 atom stereocenters. The highest BCUT2D eigenvalue weighted by molar-refractivity contribution is 7.88. The second-order valence-corrected chi connectivity index (χ2v) is 2.63. The fourth-order valence-corrected chi connectivity index (χ4v) is 0.632. The number of rotatable bonds is 3. The van der Waals surface area contributed by atoms with Crippen molar-refractivity contribution in [3.63, 3.8) is 0 Å². The molecule has 0 aliphatic carbocycles. The summed E-state index contributed by atoms with van der Waals surface area (Å²) in [6.45, 7) is -0.147. The predicted octanol–water partition coefficient (Wildman–Crippen LogP) is -0.572. The van der Waals surface area contributed by atoms with Crippen LogP contribution >= 0.6 is 0 Å². The molecule has 54 valence electrons. The molecule has 0 saturated heterocycles. The molecule has 0 saturated carbocycles. The molecule has 0 bridgehead atoms. The maximum atomic E-state index is 9.78. The summed E-state index contributed by atoms with van der Waals surface area (Å²) >= 11 is 0. The Labute approximate surface area is 53.6 Å². The molecule has 4 nitrogen and oxygen atoms in total. The zero-order valence-corrected chi connectivity index (χ0v) is 5.47. The van der Waals surface area contributed by atoms with E-state index in [1.54, 1.807) is 0 Å². The van der Waals surface area contributed by atoms with Gasteiger partial charge in [-0.1, -0.05) is 6.08 Å². The number of hydrogen-bond donors (Lipinski definition) is 1. The second-order valence-electron chi connectivity index (χ2n) is 1.38. The van der Waals surface area contributed by atoms with E-state index < -0.39 is 10.1 Å². The zero-order chi connectivity index (χ0) is 7.33. The van der Waals surface area contributed by atoms with Crippen molar-refractivity contribution in [2.45, 2.75) is 6.42 Å². The maximum Gasteiger partial charge on any atom is 0.117 e. The summed E-state index contributed by atoms with van der Waals surface area (Å²) in [4.78, 5) is 0. The Kier molecular flexibility index (Phi) is 3.44. The minimum Gasteiger partial charge on any atom is -0.744 e. The van der Waals surface area contributed by atoms with Gasteiger partial charge in [0, 0.05) is 12.0 Å². The van der Waals surface area contributed by atoms with E-state index in [1.165, 1.54) is 0 Å². The first-order valence-corrected chi connectivity index (χ1v) is 3.76. The van der Waals surface area contributed by atoms with E-state index in [1.807, 2.05) is 0 Å². The summed E-state index contributed by atoms with van der Waals surface area (Å²) in [6, 6.07) is 0. The van der Waals surface area contributed by atoms with Crippen molar-refractivity contribution in [1.29, 1.82) is 0 Å². The summed E-state index contributed by atoms with van der Waals surface area (Å²) in [5, 5.41) is 8.65. The highest BCUT2D eigenvalue weighted by Gasteiger charge is 1.81. The molecular formula is C4H7O4S-. The normalized spacial score (nSPS) is 12.7. The van der Waals surface area contributed by atoms with Gasteiger partial charge in [0.25, 0.3) is 0 Å². The molecule has 9 heavy (non-hydrogen) atoms. The largest absolute Gasteiger partial charge is 0.744 e. The average molecular weight is 151 g/mol. The lowest BCUT2D eigenvalue weighted by Crippen LogP contribution is -1.90. The molecule has 0 radical (unpaired) electrons. The fourth-order valence-electron chi connectivity index (χ4n) is 0.260. The topological polar surface area (TPSA) is 77.4 Å². The minimum atomic E-state index is -4.24. The monoisotopic (exact) mass is 151 g/mol. The molecule has 0 fully saturated rings. The Morgan fingerprint density at radius 3 is 2.44 bits per heavy atom. The Balaban J connectivity index is 3.73. The van der Waals surface area contributed by atoms with Crippen molar-refractivity contribution in [3.8, 4) is 0 Å². The molecular weight excluding hydrogens is 144 g/mol. The van der Waals surface area contributed by atoms with Crippen molar-refractivity contribution in [2.24, 2.45) is 0 Å². The van der Waals surface area contributed by atoms with Gasteiger partial charge >= 0.3 is 0 Å². The smallest absolute Gasteiger partial charge is 0.117 e. The van der Waals surface area contributed by atoms with Gasteiger partial charge in [-0.2, -0.15) is 0 Å². The maximum absolute atomic E-state index is 9.78. The van der Waals surface area contributed by atoms with E-state index in [2.05, 4.69) is 0 Å². The summed E-state index contributed by atoms with van der Waals surface area (Å²) in [5.74, 6) is 0. The lowest BCUT2D eigenvalue weighted by molar-refractivity contribution is 0.302. The lowest BCUT2D eigenvalue weighted by atomic mass is 10.5. The van der Waals surface area contributed by atoms with Gasteiger partial charge in [0.15, 0.2) is 0 Å². The van der Waals surface area contributed by atoms with Crippen LogP contribution in [0.25, 0.3) is 0 Å². The Morgan fingerprint density at radius 1 is 1.56 bits per heavy atom. The van der Waals surface area contributed by atoms with Crippen LogP contribution < -0.4 is 0 Å². The summed E-state index contributed by atoms with van der Waals surface area (Å²) in [5.41, 5.74) is 0. The predicted molar refractivity (Wildman–Crippen MR) is 30.5 cm³/mol. The molecule has 0 aliphatic heterocycles. The minimum absolute atomic E-state index is 0.147. The van der Waals surface area contributed by atoms with E-state index in [4.69, 9.17) is 5.11 Å². The van der Waals surface area contributed by atoms with Crippen LogP contribution in [0.5, 0.6) is 0 Å². The Hall–Kier alpha value is -0.390. The van der Waals surface area contributed by atoms with E-state index in [9.17, 15) is 13.0 Å². The molecule has 1 N–H and O–H groups in total. The molecule has 0 spiro atoms. The molecule has 0 amide bonds. The van der Waals surface area contributed by atoms with Gasteiger partial charge in [0.05, 0.1) is 0 Å². The summed E-state index contributed by atoms with van der Waals surface area (Å²) < 4.78 is 29.3. The number of hydrogen-bond acceptors (Lipinski definition) is 4. The highest BCUT2D eigenvalue weighted by Crippen LogP contribution is 1.86. The molecule has 0 heterocycles. The van der Waals surface area contributed by atoms with Crippen LogP contribution in [-0.4, -0.2) is 24.7 Å². The van der Waals surface area contributed by atoms with Gasteiger partial charge < -0.3 is 9.66 Å². The summed E-state index contributed by atoms with van der Waals surface area (Å²) in [7, 11) is -4.24. The third-order valence-electron chi connectivity index (χ3n) is 0.559. The standard InChI is InChI=1S/C4H8O4S/c5-3-1-2-4-9(6,7)8/h2,4-5H,1,3H2,(H,6,7,8)/p-1/b4-2+. The van der Waals surface area contributed by atoms with Crippen molar-refractivity contribution < 1.29 is 18.1 Å². The third kappa shape index (κ3) is 7.61. The van der Waals surface area contributed by atoms with Crippen LogP contribution in [0.15, 0.2) is 11.5 Å². The van der Waals surface area contributed by atoms with Crippen molar-refractivity contribution in [2.75, 3.05) is 6.61 Å². The first-order chi connectivity index (χ1) is 4.06. The van der Waals surface area contributed by atoms with Gasteiger partial charge in [-0.15, -0.1) is 0 Å². The van der Waals surface area contributed by atoms with Crippen LogP contribution in [0, 0.1) is 0 Å². The van der Waals surface area contributed by atoms with Crippen LogP contribution in [0.2, 0.25) is 0 Å². The average Bonchev–Trinajstić information content (AvgIpc) is 1.63. The second kappa shape index (κ2) is 3.60. The molecule has 0 aliphatic rings. The van der Waals surface area contributed by atoms with E-state index >= 15 is 0 Å². The molecule has 5 heteroatoms. The number of aliphatic hydroxyl groups excluding tert-OH is 1. The van der Waals surface area contributed by atoms with Crippen LogP contribution in [-0.2, 0) is 10.1 Å². The molecule has 0 aromatic heterocycles. The molecule has 0 rings (SSSR count). The Morgan fingerprint density at radius 2 is 2.11 bits per heavy atom. The molecule has 0 unspecified atom stereocenters. The van der Waals surface area contributed by atoms with Crippen LogP contribution in [0.3, 0.4) is 0 Å². The lowest BCUT2D eigenvalue weighted by Gasteiger charge is -1.96. The SMILES string of the molecule is O=S(=O)([O-])/C=C/CCO. The highest BCUT2D eigenvalue weighted by atomic mass is 32.2. The van der Waals surface area contributed by atoms with Crippen molar-refractivity contribution in [3.05, 3.63) is 11.5 Å². The first kappa shape index (κ1) is 8.61. The van der Waals surface area contributed by atoms with Crippen LogP contribution in [0.1, 0.15) is 6.42 Å². The summed E-state index contributed by atoms with van der Waals surface area (Å²) in [6.07, 6.45) is 1.31. The first-order valence-electron chi connectivity index (χ1n) is 2.29. The van der Waals surface area contributed by atoms with E-state index in [-0.39, 0.29) is 13.0 Å². The van der Waals surface area contributed by atoms with Gasteiger partial charge in [-0.3, -0.25) is 0 Å². The van der Waals surface area contributed by atoms with Gasteiger partial charge in [0.1, 0.15) is 10.1 Å². The van der Waals surface area contributed by atoms with Gasteiger partial charge in [0.2, 0.25) is 0 Å². The fraction of sp³-hybridized carbons (Fsp3) is 0.500. The van der Waals surface area contributed by atoms with Crippen molar-refractivity contribution in [1.82, 2.24) is 0 Å². The molecule has 0 aromatic rings. The van der Waals surface area contributed by atoms with Crippen molar-refractivity contribution >= 4 is 10.1 Å². The third-order valence-corrected chi connectivity index (χ3v) is 1.08. The van der Waals surface area contributed by atoms with E-state index in [0.29, 0.717) is 5.41 Å². The Bertz CT molecular complexity index is 179. The van der Waals surface area contributed by atoms with E-state index in [0.717, 1.165) is 6.08 Å². The zero-order valence-electron chi connectivity index (χ0n) is 4.65. The van der Waals surface area contributed by atoms with Gasteiger partial charge in [-0.05, 0) is 6.42 Å². The van der Waals surface area contributed by atoms with Gasteiger partial charge in [-0.25, -0.2) is 8.42 Å². The van der Waals surface area contributed by atoms with Crippen LogP contribution in [0.4, 0.5) is 0 Å². The quantitative estimate of drug-likeness (QED) is 0.548. The molecule has 0 aromatic carbocycles.